The molecule has 6 heteroatoms. The topological polar surface area (TPSA) is 46.0 Å². The van der Waals surface area contributed by atoms with Gasteiger partial charge in [-0.3, -0.25) is 9.67 Å². The van der Waals surface area contributed by atoms with Gasteiger partial charge in [-0.25, -0.2) is 0 Å². The van der Waals surface area contributed by atoms with Crippen molar-refractivity contribution in [3.05, 3.63) is 46.5 Å². The molecule has 2 rings (SSSR count). The lowest BCUT2D eigenvalue weighted by Gasteiger charge is -2.21. The highest BCUT2D eigenvalue weighted by molar-refractivity contribution is 6.31. The van der Waals surface area contributed by atoms with E-state index in [1.165, 1.54) is 5.56 Å². The molecular formula is C15H22ClN5. The summed E-state index contributed by atoms with van der Waals surface area (Å²) in [6.45, 7) is 3.77. The minimum absolute atomic E-state index is 0.00478. The summed E-state index contributed by atoms with van der Waals surface area (Å²) in [6, 6.07) is 2.03. The quantitative estimate of drug-likeness (QED) is 0.888. The molecule has 1 atom stereocenters. The van der Waals surface area contributed by atoms with E-state index in [9.17, 15) is 0 Å². The molecule has 0 saturated carbocycles. The molecule has 114 valence electrons. The molecule has 1 N–H and O–H groups in total. The largest absolute Gasteiger partial charge is 0.308 e. The van der Waals surface area contributed by atoms with Crippen LogP contribution in [0.25, 0.3) is 0 Å². The van der Waals surface area contributed by atoms with Crippen molar-refractivity contribution in [2.24, 2.45) is 0 Å². The van der Waals surface area contributed by atoms with Crippen molar-refractivity contribution in [2.45, 2.75) is 19.5 Å². The van der Waals surface area contributed by atoms with Crippen molar-refractivity contribution in [3.63, 3.8) is 0 Å². The average Bonchev–Trinajstić information content (AvgIpc) is 2.81. The first kappa shape index (κ1) is 15.9. The molecule has 0 aliphatic carbocycles. The third kappa shape index (κ3) is 3.61. The number of nitrogens with one attached hydrogen (secondary N) is 1. The second-order valence-corrected chi connectivity index (χ2v) is 5.77. The molecule has 2 aromatic heterocycles. The molecule has 5 nitrogen and oxygen atoms in total. The van der Waals surface area contributed by atoms with Crippen LogP contribution < -0.4 is 5.32 Å². The minimum Gasteiger partial charge on any atom is -0.308 e. The molecule has 1 unspecified atom stereocenters. The smallest absolute Gasteiger partial charge is 0.0837 e. The molecule has 0 bridgehead atoms. The molecule has 0 saturated heterocycles. The second kappa shape index (κ2) is 7.02. The first-order valence-electron chi connectivity index (χ1n) is 6.98. The standard InChI is InChI=1S/C15H22ClN5/c1-11-9-18-6-5-12(11)14(17-2)15-13(16)10-19-21(15)8-7-20(3)4/h5-6,9-10,14,17H,7-8H2,1-4H3. The van der Waals surface area contributed by atoms with Crippen LogP contribution in [0.3, 0.4) is 0 Å². The third-order valence-electron chi connectivity index (χ3n) is 3.53. The Morgan fingerprint density at radius 1 is 1.38 bits per heavy atom. The van der Waals surface area contributed by atoms with Crippen molar-refractivity contribution in [3.8, 4) is 0 Å². The van der Waals surface area contributed by atoms with E-state index in [-0.39, 0.29) is 6.04 Å². The van der Waals surface area contributed by atoms with Gasteiger partial charge in [0.2, 0.25) is 0 Å². The third-order valence-corrected chi connectivity index (χ3v) is 3.82. The zero-order valence-electron chi connectivity index (χ0n) is 13.0. The molecule has 0 spiro atoms. The first-order valence-corrected chi connectivity index (χ1v) is 7.36. The summed E-state index contributed by atoms with van der Waals surface area (Å²) in [5.41, 5.74) is 3.30. The van der Waals surface area contributed by atoms with Crippen LogP contribution in [0.2, 0.25) is 5.02 Å². The highest BCUT2D eigenvalue weighted by Crippen LogP contribution is 2.29. The summed E-state index contributed by atoms with van der Waals surface area (Å²) in [4.78, 5) is 6.29. The predicted molar refractivity (Wildman–Crippen MR) is 85.7 cm³/mol. The van der Waals surface area contributed by atoms with E-state index < -0.39 is 0 Å². The SMILES string of the molecule is CNC(c1ccncc1C)c1c(Cl)cnn1CCN(C)C. The number of pyridine rings is 1. The lowest BCUT2D eigenvalue weighted by atomic mass is 10.0. The van der Waals surface area contributed by atoms with Crippen LogP contribution in [-0.4, -0.2) is 47.4 Å². The van der Waals surface area contributed by atoms with Gasteiger partial charge in [0.05, 0.1) is 29.5 Å². The summed E-state index contributed by atoms with van der Waals surface area (Å²) in [7, 11) is 6.03. The minimum atomic E-state index is 0.00478. The maximum absolute atomic E-state index is 6.38. The average molecular weight is 308 g/mol. The van der Waals surface area contributed by atoms with E-state index in [1.54, 1.807) is 12.4 Å². The normalized spacial score (nSPS) is 12.9. The van der Waals surface area contributed by atoms with Gasteiger partial charge in [0.1, 0.15) is 0 Å². The summed E-state index contributed by atoms with van der Waals surface area (Å²) in [5, 5.41) is 8.44. The molecule has 21 heavy (non-hydrogen) atoms. The van der Waals surface area contributed by atoms with Gasteiger partial charge in [-0.2, -0.15) is 5.10 Å². The number of aromatic nitrogens is 3. The second-order valence-electron chi connectivity index (χ2n) is 5.36. The summed E-state index contributed by atoms with van der Waals surface area (Å²) >= 11 is 6.38. The van der Waals surface area contributed by atoms with E-state index in [2.05, 4.69) is 27.2 Å². The zero-order chi connectivity index (χ0) is 15.4. The van der Waals surface area contributed by atoms with E-state index in [0.717, 1.165) is 24.3 Å². The van der Waals surface area contributed by atoms with Crippen LogP contribution in [0.15, 0.2) is 24.7 Å². The molecular weight excluding hydrogens is 286 g/mol. The number of hydrogen-bond donors (Lipinski definition) is 1. The Bertz CT molecular complexity index is 593. The predicted octanol–water partition coefficient (Wildman–Crippen LogP) is 2.11. The molecule has 0 amide bonds. The van der Waals surface area contributed by atoms with Crippen LogP contribution in [0.4, 0.5) is 0 Å². The lowest BCUT2D eigenvalue weighted by Crippen LogP contribution is -2.26. The molecule has 0 radical (unpaired) electrons. The van der Waals surface area contributed by atoms with Crippen LogP contribution in [-0.2, 0) is 6.54 Å². The fourth-order valence-corrected chi connectivity index (χ4v) is 2.63. The van der Waals surface area contributed by atoms with Crippen LogP contribution in [0.1, 0.15) is 22.9 Å². The summed E-state index contributed by atoms with van der Waals surface area (Å²) < 4.78 is 1.98. The van der Waals surface area contributed by atoms with Gasteiger partial charge in [0.25, 0.3) is 0 Å². The van der Waals surface area contributed by atoms with Crippen LogP contribution in [0.5, 0.6) is 0 Å². The Kier molecular flexibility index (Phi) is 5.33. The number of nitrogens with zero attached hydrogens (tertiary/aromatic N) is 4. The molecule has 0 fully saturated rings. The molecule has 0 aliphatic rings. The van der Waals surface area contributed by atoms with Gasteiger partial charge in [-0.1, -0.05) is 11.6 Å². The van der Waals surface area contributed by atoms with Crippen LogP contribution in [0, 0.1) is 6.92 Å². The van der Waals surface area contributed by atoms with E-state index >= 15 is 0 Å². The van der Waals surface area contributed by atoms with Crippen LogP contribution >= 0.6 is 11.6 Å². The fraction of sp³-hybridized carbons (Fsp3) is 0.467. The van der Waals surface area contributed by atoms with Crippen molar-refractivity contribution >= 4 is 11.6 Å². The molecule has 2 heterocycles. The maximum Gasteiger partial charge on any atom is 0.0837 e. The Balaban J connectivity index is 2.38. The number of halogens is 1. The van der Waals surface area contributed by atoms with Crippen molar-refractivity contribution in [1.82, 2.24) is 25.0 Å². The number of hydrogen-bond acceptors (Lipinski definition) is 4. The first-order chi connectivity index (χ1) is 10.0. The highest BCUT2D eigenvalue weighted by atomic mass is 35.5. The van der Waals surface area contributed by atoms with Crippen molar-refractivity contribution < 1.29 is 0 Å². The molecule has 2 aromatic rings. The molecule has 0 aromatic carbocycles. The monoisotopic (exact) mass is 307 g/mol. The maximum atomic E-state index is 6.38. The zero-order valence-corrected chi connectivity index (χ0v) is 13.7. The van der Waals surface area contributed by atoms with Gasteiger partial charge in [-0.05, 0) is 45.3 Å². The van der Waals surface area contributed by atoms with Gasteiger partial charge in [0.15, 0.2) is 0 Å². The fourth-order valence-electron chi connectivity index (χ4n) is 2.38. The number of likely N-dealkylation sites (N-methyl/N-ethyl adjacent to an activating group) is 1. The van der Waals surface area contributed by atoms with E-state index in [1.807, 2.05) is 38.1 Å². The Morgan fingerprint density at radius 3 is 2.76 bits per heavy atom. The Hall–Kier alpha value is -1.43. The summed E-state index contributed by atoms with van der Waals surface area (Å²) in [6.07, 6.45) is 5.39. The summed E-state index contributed by atoms with van der Waals surface area (Å²) in [5.74, 6) is 0. The highest BCUT2D eigenvalue weighted by Gasteiger charge is 2.22. The van der Waals surface area contributed by atoms with Crippen molar-refractivity contribution in [2.75, 3.05) is 27.7 Å². The van der Waals surface area contributed by atoms with E-state index in [0.29, 0.717) is 5.02 Å². The number of rotatable bonds is 6. The van der Waals surface area contributed by atoms with Gasteiger partial charge < -0.3 is 10.2 Å². The lowest BCUT2D eigenvalue weighted by molar-refractivity contribution is 0.366. The molecule has 0 aliphatic heterocycles. The van der Waals surface area contributed by atoms with Gasteiger partial charge in [-0.15, -0.1) is 0 Å². The van der Waals surface area contributed by atoms with Crippen molar-refractivity contribution in [1.29, 1.82) is 0 Å². The van der Waals surface area contributed by atoms with Gasteiger partial charge >= 0.3 is 0 Å². The Labute approximate surface area is 130 Å². The Morgan fingerprint density at radius 2 is 2.14 bits per heavy atom. The number of aryl methyl sites for hydroxylation is 1. The van der Waals surface area contributed by atoms with E-state index in [4.69, 9.17) is 11.6 Å². The van der Waals surface area contributed by atoms with Gasteiger partial charge in [0, 0.05) is 18.9 Å².